The molecule has 2 aliphatic rings. The number of halogens is 2. The molecule has 0 spiro atoms. The highest BCUT2D eigenvalue weighted by molar-refractivity contribution is 6.29. The normalized spacial score (nSPS) is 18.9. The first kappa shape index (κ1) is 19.1. The third kappa shape index (κ3) is 3.68. The molecule has 4 rings (SSSR count). The number of nitrogens with one attached hydrogen (secondary N) is 3. The SMILES string of the molecule is C[C@H](c1[nH]nc(F)c1NC(=O)[C@@H](N)C(C1CC1)C1CC1)c1cc(Cl)n[nH]c1=O. The molecule has 0 saturated heterocycles. The largest absolute Gasteiger partial charge is 0.320 e. The zero-order valence-corrected chi connectivity index (χ0v) is 16.1. The summed E-state index contributed by atoms with van der Waals surface area (Å²) >= 11 is 5.86. The van der Waals surface area contributed by atoms with E-state index in [0.29, 0.717) is 11.8 Å². The number of aromatic amines is 2. The topological polar surface area (TPSA) is 130 Å². The highest BCUT2D eigenvalue weighted by Gasteiger charge is 2.46. The van der Waals surface area contributed by atoms with Crippen LogP contribution in [0.5, 0.6) is 0 Å². The van der Waals surface area contributed by atoms with Gasteiger partial charge in [0.2, 0.25) is 5.91 Å². The molecule has 2 aliphatic carbocycles. The molecule has 2 saturated carbocycles. The predicted molar refractivity (Wildman–Crippen MR) is 101 cm³/mol. The summed E-state index contributed by atoms with van der Waals surface area (Å²) in [6, 6.07) is 0.702. The fourth-order valence-corrected chi connectivity index (χ4v) is 4.11. The fourth-order valence-electron chi connectivity index (χ4n) is 3.95. The zero-order chi connectivity index (χ0) is 20.0. The molecule has 10 heteroatoms. The summed E-state index contributed by atoms with van der Waals surface area (Å²) in [5, 5.41) is 14.7. The van der Waals surface area contributed by atoms with Gasteiger partial charge in [-0.1, -0.05) is 18.5 Å². The summed E-state index contributed by atoms with van der Waals surface area (Å²) < 4.78 is 14.3. The van der Waals surface area contributed by atoms with E-state index in [4.69, 9.17) is 17.3 Å². The minimum atomic E-state index is -0.853. The molecule has 2 heterocycles. The zero-order valence-electron chi connectivity index (χ0n) is 15.3. The van der Waals surface area contributed by atoms with Crippen molar-refractivity contribution >= 4 is 23.2 Å². The summed E-state index contributed by atoms with van der Waals surface area (Å²) in [6.07, 6.45) is 4.37. The Morgan fingerprint density at radius 2 is 1.93 bits per heavy atom. The number of carbonyl (C=O) groups excluding carboxylic acids is 1. The average molecular weight is 409 g/mol. The van der Waals surface area contributed by atoms with Crippen molar-refractivity contribution in [2.75, 3.05) is 5.32 Å². The molecule has 2 fully saturated rings. The van der Waals surface area contributed by atoms with Crippen molar-refractivity contribution in [3.63, 3.8) is 0 Å². The second-order valence-corrected chi connectivity index (χ2v) is 8.15. The lowest BCUT2D eigenvalue weighted by Gasteiger charge is -2.23. The van der Waals surface area contributed by atoms with E-state index in [1.54, 1.807) is 6.92 Å². The molecule has 2 atom stereocenters. The van der Waals surface area contributed by atoms with Gasteiger partial charge in [0, 0.05) is 11.5 Å². The van der Waals surface area contributed by atoms with Gasteiger partial charge in [0.25, 0.3) is 11.5 Å². The lowest BCUT2D eigenvalue weighted by molar-refractivity contribution is -0.118. The van der Waals surface area contributed by atoms with Crippen molar-refractivity contribution < 1.29 is 9.18 Å². The van der Waals surface area contributed by atoms with Gasteiger partial charge < -0.3 is 11.1 Å². The lowest BCUT2D eigenvalue weighted by Crippen LogP contribution is -2.44. The van der Waals surface area contributed by atoms with E-state index in [0.717, 1.165) is 25.7 Å². The molecule has 0 aliphatic heterocycles. The summed E-state index contributed by atoms with van der Waals surface area (Å²) in [4.78, 5) is 24.8. The first-order valence-corrected chi connectivity index (χ1v) is 9.80. The Kier molecular flexibility index (Phi) is 4.96. The number of carbonyl (C=O) groups is 1. The molecule has 28 heavy (non-hydrogen) atoms. The maximum Gasteiger partial charge on any atom is 0.268 e. The molecule has 0 unspecified atom stereocenters. The predicted octanol–water partition coefficient (Wildman–Crippen LogP) is 2.14. The van der Waals surface area contributed by atoms with Crippen LogP contribution in [0.25, 0.3) is 0 Å². The molecule has 0 aromatic carbocycles. The van der Waals surface area contributed by atoms with Gasteiger partial charge in [0.1, 0.15) is 10.8 Å². The van der Waals surface area contributed by atoms with Crippen molar-refractivity contribution in [2.24, 2.45) is 23.5 Å². The van der Waals surface area contributed by atoms with Crippen LogP contribution >= 0.6 is 11.6 Å². The number of hydrogen-bond donors (Lipinski definition) is 4. The first-order chi connectivity index (χ1) is 13.4. The number of H-pyrrole nitrogens is 2. The number of anilines is 1. The number of aromatic nitrogens is 4. The number of rotatable bonds is 7. The van der Waals surface area contributed by atoms with Crippen LogP contribution < -0.4 is 16.6 Å². The number of hydrogen-bond acceptors (Lipinski definition) is 5. The molecule has 5 N–H and O–H groups in total. The van der Waals surface area contributed by atoms with Crippen LogP contribution in [0.1, 0.15) is 49.8 Å². The van der Waals surface area contributed by atoms with Crippen LogP contribution in [0, 0.1) is 23.7 Å². The van der Waals surface area contributed by atoms with E-state index in [1.165, 1.54) is 6.07 Å². The third-order valence-electron chi connectivity index (χ3n) is 5.75. The Morgan fingerprint density at radius 1 is 1.29 bits per heavy atom. The van der Waals surface area contributed by atoms with Crippen LogP contribution in [-0.2, 0) is 4.79 Å². The van der Waals surface area contributed by atoms with Gasteiger partial charge in [-0.3, -0.25) is 14.7 Å². The van der Waals surface area contributed by atoms with Crippen molar-refractivity contribution in [3.05, 3.63) is 38.8 Å². The summed E-state index contributed by atoms with van der Waals surface area (Å²) in [7, 11) is 0. The minimum Gasteiger partial charge on any atom is -0.320 e. The molecule has 0 radical (unpaired) electrons. The standard InChI is InChI=1S/C18H22ClFN6O2/c1-7(10-6-11(19)23-26-17(10)27)14-15(16(20)25-24-14)22-18(28)13(21)12(8-2-3-8)9-4-5-9/h6-9,12-13H,2-5,21H2,1H3,(H,22,28)(H,24,25)(H,26,27)/t7-,13-/m0/s1. The van der Waals surface area contributed by atoms with Gasteiger partial charge >= 0.3 is 0 Å². The molecule has 8 nitrogen and oxygen atoms in total. The van der Waals surface area contributed by atoms with E-state index in [2.05, 4.69) is 25.7 Å². The van der Waals surface area contributed by atoms with Gasteiger partial charge in [0.05, 0.1) is 11.7 Å². The second kappa shape index (κ2) is 7.29. The third-order valence-corrected chi connectivity index (χ3v) is 5.94. The van der Waals surface area contributed by atoms with E-state index in [-0.39, 0.29) is 28.0 Å². The van der Waals surface area contributed by atoms with Crippen molar-refractivity contribution in [1.82, 2.24) is 20.4 Å². The average Bonchev–Trinajstić information content (AvgIpc) is 3.59. The van der Waals surface area contributed by atoms with Crippen molar-refractivity contribution in [3.8, 4) is 0 Å². The highest BCUT2D eigenvalue weighted by atomic mass is 35.5. The quantitative estimate of drug-likeness (QED) is 0.557. The summed E-state index contributed by atoms with van der Waals surface area (Å²) in [5.41, 5.74) is 6.24. The molecular formula is C18H22ClFN6O2. The monoisotopic (exact) mass is 408 g/mol. The van der Waals surface area contributed by atoms with Crippen LogP contribution in [0.15, 0.2) is 10.9 Å². The second-order valence-electron chi connectivity index (χ2n) is 7.77. The Morgan fingerprint density at radius 3 is 2.54 bits per heavy atom. The smallest absolute Gasteiger partial charge is 0.268 e. The van der Waals surface area contributed by atoms with Gasteiger partial charge in [-0.15, -0.1) is 5.10 Å². The van der Waals surface area contributed by atoms with Gasteiger partial charge in [0.15, 0.2) is 0 Å². The number of nitrogens with two attached hydrogens (primary N) is 1. The maximum absolute atomic E-state index is 14.3. The Balaban J connectivity index is 1.57. The fraction of sp³-hybridized carbons (Fsp3) is 0.556. The first-order valence-electron chi connectivity index (χ1n) is 9.42. The minimum absolute atomic E-state index is 0.0920. The van der Waals surface area contributed by atoms with Crippen molar-refractivity contribution in [2.45, 2.75) is 44.6 Å². The number of amides is 1. The van der Waals surface area contributed by atoms with Crippen molar-refractivity contribution in [1.29, 1.82) is 0 Å². The highest BCUT2D eigenvalue weighted by Crippen LogP contribution is 2.50. The van der Waals surface area contributed by atoms with Crippen LogP contribution in [0.4, 0.5) is 10.1 Å². The molecule has 2 aromatic rings. The Labute approximate surface area is 165 Å². The molecule has 2 aromatic heterocycles. The molecule has 0 bridgehead atoms. The molecule has 150 valence electrons. The van der Waals surface area contributed by atoms with E-state index >= 15 is 0 Å². The van der Waals surface area contributed by atoms with E-state index in [1.807, 2.05) is 0 Å². The van der Waals surface area contributed by atoms with Gasteiger partial charge in [-0.25, -0.2) is 5.10 Å². The van der Waals surface area contributed by atoms with Crippen LogP contribution in [0.3, 0.4) is 0 Å². The van der Waals surface area contributed by atoms with Crippen LogP contribution in [-0.4, -0.2) is 32.3 Å². The van der Waals surface area contributed by atoms with Gasteiger partial charge in [-0.2, -0.15) is 9.49 Å². The maximum atomic E-state index is 14.3. The number of nitrogens with zero attached hydrogens (tertiary/aromatic N) is 2. The van der Waals surface area contributed by atoms with Gasteiger partial charge in [-0.05, 0) is 49.5 Å². The van der Waals surface area contributed by atoms with Crippen LogP contribution in [0.2, 0.25) is 5.15 Å². The van der Waals surface area contributed by atoms with E-state index in [9.17, 15) is 14.0 Å². The lowest BCUT2D eigenvalue weighted by atomic mass is 9.89. The Hall–Kier alpha value is -2.26. The Bertz CT molecular complexity index is 940. The summed E-state index contributed by atoms with van der Waals surface area (Å²) in [5.74, 6) is -0.780. The molecule has 1 amide bonds. The molecular weight excluding hydrogens is 387 g/mol. The van der Waals surface area contributed by atoms with E-state index < -0.39 is 29.4 Å². The summed E-state index contributed by atoms with van der Waals surface area (Å²) in [6.45, 7) is 1.68.